The molecule has 1 aromatic carbocycles. The molecule has 0 unspecified atom stereocenters. The predicted molar refractivity (Wildman–Crippen MR) is 92.0 cm³/mol. The van der Waals surface area contributed by atoms with Crippen molar-refractivity contribution in [1.29, 1.82) is 0 Å². The van der Waals surface area contributed by atoms with E-state index in [-0.39, 0.29) is 5.91 Å². The van der Waals surface area contributed by atoms with Gasteiger partial charge in [-0.05, 0) is 49.9 Å². The molecule has 2 heterocycles. The molecular formula is C18H18N2OS. The highest BCUT2D eigenvalue weighted by Gasteiger charge is 2.24. The number of fused-ring (bicyclic) bond motifs is 1. The second kappa shape index (κ2) is 4.99. The van der Waals surface area contributed by atoms with Crippen molar-refractivity contribution in [2.24, 2.45) is 0 Å². The minimum absolute atomic E-state index is 0.0205. The Balaban J connectivity index is 1.59. The summed E-state index contributed by atoms with van der Waals surface area (Å²) >= 11 is 1.57. The number of hydrogen-bond acceptors (Lipinski definition) is 2. The van der Waals surface area contributed by atoms with Gasteiger partial charge >= 0.3 is 0 Å². The van der Waals surface area contributed by atoms with E-state index >= 15 is 0 Å². The molecule has 0 bridgehead atoms. The molecule has 4 rings (SSSR count). The van der Waals surface area contributed by atoms with Gasteiger partial charge in [0.25, 0.3) is 5.91 Å². The van der Waals surface area contributed by atoms with Crippen molar-refractivity contribution in [3.63, 3.8) is 0 Å². The quantitative estimate of drug-likeness (QED) is 0.733. The molecule has 1 fully saturated rings. The lowest BCUT2D eigenvalue weighted by atomic mass is 10.1. The van der Waals surface area contributed by atoms with Crippen molar-refractivity contribution < 1.29 is 4.79 Å². The Kier molecular flexibility index (Phi) is 3.08. The van der Waals surface area contributed by atoms with Gasteiger partial charge in [-0.25, -0.2) is 0 Å². The van der Waals surface area contributed by atoms with E-state index in [1.165, 1.54) is 22.9 Å². The van der Waals surface area contributed by atoms with Gasteiger partial charge in [0.15, 0.2) is 0 Å². The number of anilines is 1. The number of nitrogens with zero attached hydrogens (tertiary/aromatic N) is 1. The minimum Gasteiger partial charge on any atom is -0.349 e. The highest BCUT2D eigenvalue weighted by atomic mass is 32.1. The van der Waals surface area contributed by atoms with Crippen LogP contribution in [0.5, 0.6) is 0 Å². The second-order valence-corrected chi connectivity index (χ2v) is 7.22. The Hall–Kier alpha value is -2.07. The molecule has 3 aromatic rings. The van der Waals surface area contributed by atoms with Crippen LogP contribution in [0.2, 0.25) is 0 Å². The van der Waals surface area contributed by atoms with Gasteiger partial charge in [0.05, 0.1) is 9.58 Å². The van der Waals surface area contributed by atoms with E-state index in [9.17, 15) is 4.79 Å². The number of benzene rings is 1. The van der Waals surface area contributed by atoms with Crippen LogP contribution in [0.3, 0.4) is 0 Å². The summed E-state index contributed by atoms with van der Waals surface area (Å²) in [5, 5.41) is 4.20. The Morgan fingerprint density at radius 3 is 2.77 bits per heavy atom. The number of aromatic nitrogens is 1. The lowest BCUT2D eigenvalue weighted by molar-refractivity contribution is 0.103. The summed E-state index contributed by atoms with van der Waals surface area (Å²) in [5.41, 5.74) is 3.13. The van der Waals surface area contributed by atoms with Gasteiger partial charge in [-0.3, -0.25) is 4.79 Å². The average molecular weight is 310 g/mol. The molecule has 1 amide bonds. The fourth-order valence-corrected chi connectivity index (χ4v) is 3.67. The molecule has 1 aliphatic rings. The van der Waals surface area contributed by atoms with Gasteiger partial charge < -0.3 is 9.88 Å². The molecule has 0 atom stereocenters. The molecule has 0 radical (unpaired) electrons. The number of hydrogen-bond donors (Lipinski definition) is 1. The number of nitrogens with one attached hydrogen (secondary N) is 1. The molecule has 1 N–H and O–H groups in total. The normalized spacial score (nSPS) is 14.5. The van der Waals surface area contributed by atoms with Crippen LogP contribution >= 0.6 is 11.3 Å². The molecule has 22 heavy (non-hydrogen) atoms. The monoisotopic (exact) mass is 310 g/mol. The summed E-state index contributed by atoms with van der Waals surface area (Å²) < 4.78 is 3.48. The zero-order valence-electron chi connectivity index (χ0n) is 12.7. The van der Waals surface area contributed by atoms with E-state index in [2.05, 4.69) is 28.3 Å². The van der Waals surface area contributed by atoms with Gasteiger partial charge in [-0.1, -0.05) is 12.1 Å². The standard InChI is InChI=1S/C18H18N2OS/c1-11-3-4-12(2)15(7-11)19-18(21)16-8-13-9-20(14-5-6-14)10-17(13)22-16/h3-4,7-10,14H,5-6H2,1-2H3,(H,19,21). The zero-order chi connectivity index (χ0) is 15.3. The number of rotatable bonds is 3. The SMILES string of the molecule is Cc1ccc(C)c(NC(=O)c2cc3cn(C4CC4)cc3s2)c1. The summed E-state index contributed by atoms with van der Waals surface area (Å²) in [7, 11) is 0. The third-order valence-electron chi connectivity index (χ3n) is 4.18. The molecule has 0 saturated heterocycles. The topological polar surface area (TPSA) is 34.0 Å². The molecule has 2 aromatic heterocycles. The third kappa shape index (κ3) is 2.44. The predicted octanol–water partition coefficient (Wildman–Crippen LogP) is 4.91. The van der Waals surface area contributed by atoms with Crippen LogP contribution in [0.15, 0.2) is 36.7 Å². The van der Waals surface area contributed by atoms with Crippen LogP contribution < -0.4 is 5.32 Å². The fourth-order valence-electron chi connectivity index (χ4n) is 2.70. The van der Waals surface area contributed by atoms with Gasteiger partial charge in [-0.15, -0.1) is 11.3 Å². The molecule has 1 saturated carbocycles. The zero-order valence-corrected chi connectivity index (χ0v) is 13.5. The van der Waals surface area contributed by atoms with Crippen molar-refractivity contribution in [2.45, 2.75) is 32.7 Å². The number of amides is 1. The van der Waals surface area contributed by atoms with Gasteiger partial charge in [0, 0.05) is 29.5 Å². The lowest BCUT2D eigenvalue weighted by Crippen LogP contribution is -2.11. The molecule has 4 heteroatoms. The van der Waals surface area contributed by atoms with Crippen molar-refractivity contribution in [2.75, 3.05) is 5.32 Å². The Labute approximate surface area is 133 Å². The third-order valence-corrected chi connectivity index (χ3v) is 5.26. The van der Waals surface area contributed by atoms with Crippen LogP contribution in [0.1, 0.15) is 39.7 Å². The molecule has 1 aliphatic carbocycles. The van der Waals surface area contributed by atoms with Crippen molar-refractivity contribution in [3.05, 3.63) is 52.7 Å². The molecule has 112 valence electrons. The summed E-state index contributed by atoms with van der Waals surface area (Å²) in [6.45, 7) is 4.05. The van der Waals surface area contributed by atoms with Crippen molar-refractivity contribution in [3.8, 4) is 0 Å². The van der Waals surface area contributed by atoms with E-state index < -0.39 is 0 Å². The Bertz CT molecular complexity index is 839. The van der Waals surface area contributed by atoms with Crippen LogP contribution in [0.4, 0.5) is 5.69 Å². The first kappa shape index (κ1) is 13.6. The van der Waals surface area contributed by atoms with E-state index in [0.29, 0.717) is 6.04 Å². The van der Waals surface area contributed by atoms with Gasteiger partial charge in [0.2, 0.25) is 0 Å². The first-order chi connectivity index (χ1) is 10.6. The summed E-state index contributed by atoms with van der Waals surface area (Å²) in [6.07, 6.45) is 6.90. The molecular weight excluding hydrogens is 292 g/mol. The Morgan fingerprint density at radius 1 is 1.23 bits per heavy atom. The maximum Gasteiger partial charge on any atom is 0.265 e. The van der Waals surface area contributed by atoms with Gasteiger partial charge in [-0.2, -0.15) is 0 Å². The smallest absolute Gasteiger partial charge is 0.265 e. The van der Waals surface area contributed by atoms with Crippen LogP contribution in [-0.2, 0) is 0 Å². The maximum atomic E-state index is 12.5. The highest BCUT2D eigenvalue weighted by molar-refractivity contribution is 7.20. The summed E-state index contributed by atoms with van der Waals surface area (Å²) in [5.74, 6) is -0.0205. The first-order valence-corrected chi connectivity index (χ1v) is 8.41. The number of aryl methyl sites for hydroxylation is 2. The lowest BCUT2D eigenvalue weighted by Gasteiger charge is -2.08. The minimum atomic E-state index is -0.0205. The van der Waals surface area contributed by atoms with E-state index in [1.807, 2.05) is 32.0 Å². The average Bonchev–Trinajstić information content (AvgIpc) is 3.13. The maximum absolute atomic E-state index is 12.5. The summed E-state index contributed by atoms with van der Waals surface area (Å²) in [4.78, 5) is 13.2. The van der Waals surface area contributed by atoms with E-state index in [4.69, 9.17) is 0 Å². The molecule has 3 nitrogen and oxygen atoms in total. The number of thiophene rings is 1. The van der Waals surface area contributed by atoms with Gasteiger partial charge in [0.1, 0.15) is 0 Å². The largest absolute Gasteiger partial charge is 0.349 e. The van der Waals surface area contributed by atoms with Crippen LogP contribution in [-0.4, -0.2) is 10.5 Å². The number of carbonyl (C=O) groups excluding carboxylic acids is 1. The first-order valence-electron chi connectivity index (χ1n) is 7.60. The fraction of sp³-hybridized carbons (Fsp3) is 0.278. The second-order valence-electron chi connectivity index (χ2n) is 6.14. The molecule has 0 aliphatic heterocycles. The molecule has 0 spiro atoms. The van der Waals surface area contributed by atoms with Crippen LogP contribution in [0.25, 0.3) is 10.1 Å². The van der Waals surface area contributed by atoms with Crippen molar-refractivity contribution >= 4 is 33.0 Å². The van der Waals surface area contributed by atoms with E-state index in [0.717, 1.165) is 21.7 Å². The van der Waals surface area contributed by atoms with E-state index in [1.54, 1.807) is 11.3 Å². The summed E-state index contributed by atoms with van der Waals surface area (Å²) in [6, 6.07) is 8.79. The highest BCUT2D eigenvalue weighted by Crippen LogP contribution is 2.38. The number of carbonyl (C=O) groups is 1. The van der Waals surface area contributed by atoms with Crippen LogP contribution in [0, 0.1) is 13.8 Å². The Morgan fingerprint density at radius 2 is 2.05 bits per heavy atom. The van der Waals surface area contributed by atoms with Crippen molar-refractivity contribution in [1.82, 2.24) is 4.57 Å².